The number of nitrogen functional groups attached to an aromatic ring is 1. The summed E-state index contributed by atoms with van der Waals surface area (Å²) in [6.07, 6.45) is 1.59. The van der Waals surface area contributed by atoms with Gasteiger partial charge in [-0.05, 0) is 24.4 Å². The minimum absolute atomic E-state index is 0.0496. The highest BCUT2D eigenvalue weighted by atomic mass is 32.1. The van der Waals surface area contributed by atoms with Gasteiger partial charge in [0.25, 0.3) is 5.91 Å². The molecule has 0 atom stereocenters. The van der Waals surface area contributed by atoms with Crippen LogP contribution < -0.4 is 5.73 Å². The van der Waals surface area contributed by atoms with Crippen LogP contribution in [0.1, 0.15) is 21.5 Å². The van der Waals surface area contributed by atoms with Crippen LogP contribution in [0.15, 0.2) is 29.8 Å². The molecule has 3 aromatic heterocycles. The van der Waals surface area contributed by atoms with Crippen LogP contribution in [0.3, 0.4) is 0 Å². The minimum Gasteiger partial charge on any atom is -0.397 e. The van der Waals surface area contributed by atoms with Crippen LogP contribution in [0.5, 0.6) is 0 Å². The summed E-state index contributed by atoms with van der Waals surface area (Å²) in [6.45, 7) is 3.21. The highest BCUT2D eigenvalue weighted by Crippen LogP contribution is 2.32. The van der Waals surface area contributed by atoms with Gasteiger partial charge in [0, 0.05) is 16.8 Å². The van der Waals surface area contributed by atoms with Gasteiger partial charge in [0.2, 0.25) is 0 Å². The first-order chi connectivity index (χ1) is 10.2. The maximum absolute atomic E-state index is 12.7. The molecule has 0 aromatic carbocycles. The smallest absolute Gasteiger partial charge is 0.266 e. The fourth-order valence-electron chi connectivity index (χ4n) is 2.09. The molecule has 2 N–H and O–H groups in total. The summed E-state index contributed by atoms with van der Waals surface area (Å²) in [5.41, 5.74) is 6.60. The van der Waals surface area contributed by atoms with Crippen molar-refractivity contribution in [3.8, 4) is 0 Å². The monoisotopic (exact) mass is 318 g/mol. The quantitative estimate of drug-likeness (QED) is 0.802. The Morgan fingerprint density at radius 3 is 2.95 bits per heavy atom. The van der Waals surface area contributed by atoms with Crippen LogP contribution >= 0.6 is 22.7 Å². The average Bonchev–Trinajstić information content (AvgIpc) is 3.13. The van der Waals surface area contributed by atoms with Crippen LogP contribution in [0.25, 0.3) is 10.2 Å². The normalized spacial score (nSPS) is 10.9. The first kappa shape index (κ1) is 14.0. The van der Waals surface area contributed by atoms with Crippen LogP contribution in [0.2, 0.25) is 0 Å². The topological polar surface area (TPSA) is 72.1 Å². The Bertz CT molecular complexity index is 766. The Labute approximate surface area is 130 Å². The molecule has 0 unspecified atom stereocenters. The maximum Gasteiger partial charge on any atom is 0.266 e. The predicted molar refractivity (Wildman–Crippen MR) is 86.6 cm³/mol. The molecule has 0 radical (unpaired) electrons. The van der Waals surface area contributed by atoms with Crippen molar-refractivity contribution in [3.63, 3.8) is 0 Å². The van der Waals surface area contributed by atoms with E-state index in [0.29, 0.717) is 28.5 Å². The van der Waals surface area contributed by atoms with Gasteiger partial charge in [-0.1, -0.05) is 6.07 Å². The fraction of sp³-hybridized carbons (Fsp3) is 0.214. The number of thiophene rings is 2. The number of nitrogens with two attached hydrogens (primary N) is 1. The number of fused-ring (bicyclic) bond motifs is 1. The lowest BCUT2D eigenvalue weighted by atomic mass is 10.2. The van der Waals surface area contributed by atoms with Crippen molar-refractivity contribution in [1.82, 2.24) is 15.1 Å². The van der Waals surface area contributed by atoms with E-state index in [1.807, 2.05) is 24.4 Å². The van der Waals surface area contributed by atoms with Gasteiger partial charge in [0.1, 0.15) is 9.71 Å². The number of anilines is 1. The number of hydrogen-bond donors (Lipinski definition) is 1. The maximum atomic E-state index is 12.7. The molecule has 0 aliphatic carbocycles. The summed E-state index contributed by atoms with van der Waals surface area (Å²) < 4.78 is 0. The van der Waals surface area contributed by atoms with Crippen molar-refractivity contribution in [3.05, 3.63) is 39.5 Å². The SMILES string of the molecule is CCN(Cc1cccs1)C(=O)c1sc2nnccc2c1N. The molecule has 3 heterocycles. The zero-order chi connectivity index (χ0) is 14.8. The van der Waals surface area contributed by atoms with E-state index >= 15 is 0 Å². The standard InChI is InChI=1S/C14H14N4OS2/c1-2-18(8-9-4-3-7-20-9)14(19)12-11(15)10-5-6-16-17-13(10)21-12/h3-7H,2,8,15H2,1H3. The van der Waals surface area contributed by atoms with Crippen molar-refractivity contribution in [1.29, 1.82) is 0 Å². The second-order valence-corrected chi connectivity index (χ2v) is 6.52. The van der Waals surface area contributed by atoms with Gasteiger partial charge in [0.05, 0.1) is 18.4 Å². The Morgan fingerprint density at radius 1 is 1.43 bits per heavy atom. The number of amides is 1. The molecular formula is C14H14N4OS2. The third-order valence-corrected chi connectivity index (χ3v) is 5.17. The molecule has 0 aliphatic rings. The lowest BCUT2D eigenvalue weighted by Gasteiger charge is -2.19. The summed E-state index contributed by atoms with van der Waals surface area (Å²) in [6, 6.07) is 5.81. The third kappa shape index (κ3) is 2.62. The van der Waals surface area contributed by atoms with Crippen molar-refractivity contribution in [2.45, 2.75) is 13.5 Å². The fourth-order valence-corrected chi connectivity index (χ4v) is 3.82. The van der Waals surface area contributed by atoms with Crippen LogP contribution in [-0.2, 0) is 6.54 Å². The van der Waals surface area contributed by atoms with E-state index in [1.165, 1.54) is 11.3 Å². The van der Waals surface area contributed by atoms with Gasteiger partial charge in [0.15, 0.2) is 0 Å². The second kappa shape index (κ2) is 5.79. The molecule has 108 valence electrons. The lowest BCUT2D eigenvalue weighted by Crippen LogP contribution is -2.29. The van der Waals surface area contributed by atoms with E-state index in [4.69, 9.17) is 5.73 Å². The zero-order valence-corrected chi connectivity index (χ0v) is 13.1. The Kier molecular flexibility index (Phi) is 3.85. The van der Waals surface area contributed by atoms with E-state index in [1.54, 1.807) is 28.5 Å². The van der Waals surface area contributed by atoms with Gasteiger partial charge in [-0.15, -0.1) is 27.8 Å². The highest BCUT2D eigenvalue weighted by molar-refractivity contribution is 7.21. The van der Waals surface area contributed by atoms with Crippen molar-refractivity contribution < 1.29 is 4.79 Å². The molecule has 0 fully saturated rings. The van der Waals surface area contributed by atoms with E-state index in [0.717, 1.165) is 10.3 Å². The van der Waals surface area contributed by atoms with Gasteiger partial charge < -0.3 is 10.6 Å². The van der Waals surface area contributed by atoms with Crippen LogP contribution in [0.4, 0.5) is 5.69 Å². The molecule has 0 saturated heterocycles. The third-order valence-electron chi connectivity index (χ3n) is 3.21. The molecule has 5 nitrogen and oxygen atoms in total. The Morgan fingerprint density at radius 2 is 2.29 bits per heavy atom. The predicted octanol–water partition coefficient (Wildman–Crippen LogP) is 3.00. The number of aromatic nitrogens is 2. The van der Waals surface area contributed by atoms with E-state index in [2.05, 4.69) is 10.2 Å². The van der Waals surface area contributed by atoms with Gasteiger partial charge in [-0.3, -0.25) is 4.79 Å². The van der Waals surface area contributed by atoms with Crippen molar-refractivity contribution >= 4 is 44.5 Å². The van der Waals surface area contributed by atoms with Crippen LogP contribution in [-0.4, -0.2) is 27.5 Å². The molecule has 7 heteroatoms. The highest BCUT2D eigenvalue weighted by Gasteiger charge is 2.22. The molecule has 21 heavy (non-hydrogen) atoms. The summed E-state index contributed by atoms with van der Waals surface area (Å²) in [5, 5.41) is 10.7. The molecule has 3 aromatic rings. The lowest BCUT2D eigenvalue weighted by molar-refractivity contribution is 0.0760. The van der Waals surface area contributed by atoms with Gasteiger partial charge >= 0.3 is 0 Å². The number of hydrogen-bond acceptors (Lipinski definition) is 6. The summed E-state index contributed by atoms with van der Waals surface area (Å²) >= 11 is 2.95. The summed E-state index contributed by atoms with van der Waals surface area (Å²) in [7, 11) is 0. The van der Waals surface area contributed by atoms with Crippen molar-refractivity contribution in [2.75, 3.05) is 12.3 Å². The first-order valence-corrected chi connectivity index (χ1v) is 8.21. The van der Waals surface area contributed by atoms with Crippen LogP contribution in [0, 0.1) is 0 Å². The van der Waals surface area contributed by atoms with Gasteiger partial charge in [-0.2, -0.15) is 5.10 Å². The summed E-state index contributed by atoms with van der Waals surface area (Å²) in [5.74, 6) is -0.0496. The molecule has 0 spiro atoms. The zero-order valence-electron chi connectivity index (χ0n) is 11.4. The molecule has 3 rings (SSSR count). The summed E-state index contributed by atoms with van der Waals surface area (Å²) in [4.78, 5) is 16.9. The Balaban J connectivity index is 1.93. The Hall–Kier alpha value is -1.99. The average molecular weight is 318 g/mol. The number of carbonyl (C=O) groups excluding carboxylic acids is 1. The van der Waals surface area contributed by atoms with Gasteiger partial charge in [-0.25, -0.2) is 0 Å². The number of rotatable bonds is 4. The second-order valence-electron chi connectivity index (χ2n) is 4.49. The largest absolute Gasteiger partial charge is 0.397 e. The first-order valence-electron chi connectivity index (χ1n) is 6.52. The molecule has 1 amide bonds. The minimum atomic E-state index is -0.0496. The van der Waals surface area contributed by atoms with E-state index < -0.39 is 0 Å². The molecule has 0 bridgehead atoms. The molecular weight excluding hydrogens is 304 g/mol. The molecule has 0 saturated carbocycles. The van der Waals surface area contributed by atoms with E-state index in [9.17, 15) is 4.79 Å². The van der Waals surface area contributed by atoms with Crippen molar-refractivity contribution in [2.24, 2.45) is 0 Å². The molecule has 0 aliphatic heterocycles. The number of nitrogens with zero attached hydrogens (tertiary/aromatic N) is 3. The number of carbonyl (C=O) groups is 1. The van der Waals surface area contributed by atoms with E-state index in [-0.39, 0.29) is 5.91 Å².